The average molecular weight is 661 g/mol. The minimum atomic E-state index is -3.92. The number of hydrogen-bond donors (Lipinski definition) is 1. The van der Waals surface area contributed by atoms with E-state index in [0.717, 1.165) is 35.6 Å². The molecule has 3 aromatic carbocycles. The standard InChI is InChI=1S/C32H35Cl2N3O6S/c1-2-44(40,41)37(25-13-15-29-30(18-25)43-21-42-29)20-31(38)36(19-23-12-14-26(33)27(34)16-23)28(17-22-8-4-3-5-9-22)32(39)35-24-10-6-7-11-24/h3-5,8-9,12-16,18,24,28H,2,6-7,10-11,17,19-21H2,1H3,(H,35,39)/t28-/m1/s1. The van der Waals surface area contributed by atoms with Crippen LogP contribution in [0.1, 0.15) is 43.7 Å². The molecule has 0 aromatic heterocycles. The molecule has 44 heavy (non-hydrogen) atoms. The van der Waals surface area contributed by atoms with Gasteiger partial charge in [0.15, 0.2) is 11.5 Å². The summed E-state index contributed by atoms with van der Waals surface area (Å²) in [6.07, 6.45) is 4.03. The smallest absolute Gasteiger partial charge is 0.244 e. The molecule has 1 aliphatic carbocycles. The molecule has 234 valence electrons. The highest BCUT2D eigenvalue weighted by Gasteiger charge is 2.35. The summed E-state index contributed by atoms with van der Waals surface area (Å²) in [5.41, 5.74) is 1.77. The van der Waals surface area contributed by atoms with E-state index in [2.05, 4.69) is 5.32 Å². The molecule has 2 amide bonds. The van der Waals surface area contributed by atoms with Crippen molar-refractivity contribution < 1.29 is 27.5 Å². The normalized spacial score (nSPS) is 15.2. The van der Waals surface area contributed by atoms with Gasteiger partial charge in [-0.1, -0.05) is 72.4 Å². The number of nitrogens with zero attached hydrogens (tertiary/aromatic N) is 2. The van der Waals surface area contributed by atoms with Gasteiger partial charge >= 0.3 is 0 Å². The van der Waals surface area contributed by atoms with Crippen LogP contribution in [-0.2, 0) is 32.6 Å². The number of fused-ring (bicyclic) bond motifs is 1. The molecule has 3 aromatic rings. The molecule has 1 fully saturated rings. The molecule has 1 saturated carbocycles. The van der Waals surface area contributed by atoms with Crippen molar-refractivity contribution in [3.8, 4) is 11.5 Å². The maximum atomic E-state index is 14.4. The summed E-state index contributed by atoms with van der Waals surface area (Å²) >= 11 is 12.5. The number of anilines is 1. The number of rotatable bonds is 12. The fourth-order valence-corrected chi connectivity index (χ4v) is 6.89. The van der Waals surface area contributed by atoms with E-state index in [4.69, 9.17) is 32.7 Å². The molecule has 1 heterocycles. The van der Waals surface area contributed by atoms with Gasteiger partial charge in [0, 0.05) is 25.1 Å². The van der Waals surface area contributed by atoms with Gasteiger partial charge in [0.05, 0.1) is 21.5 Å². The minimum Gasteiger partial charge on any atom is -0.454 e. The Morgan fingerprint density at radius 1 is 0.932 bits per heavy atom. The van der Waals surface area contributed by atoms with Gasteiger partial charge in [-0.25, -0.2) is 8.42 Å². The van der Waals surface area contributed by atoms with Gasteiger partial charge in [0.2, 0.25) is 28.6 Å². The first-order valence-electron chi connectivity index (χ1n) is 14.6. The summed E-state index contributed by atoms with van der Waals surface area (Å²) < 4.78 is 38.7. The predicted molar refractivity (Wildman–Crippen MR) is 171 cm³/mol. The van der Waals surface area contributed by atoms with E-state index in [1.165, 1.54) is 11.8 Å². The van der Waals surface area contributed by atoms with Gasteiger partial charge in [-0.3, -0.25) is 13.9 Å². The summed E-state index contributed by atoms with van der Waals surface area (Å²) in [4.78, 5) is 29.8. The van der Waals surface area contributed by atoms with Gasteiger partial charge in [-0.15, -0.1) is 0 Å². The number of sulfonamides is 1. The topological polar surface area (TPSA) is 105 Å². The van der Waals surface area contributed by atoms with Crippen molar-refractivity contribution in [2.45, 2.75) is 57.7 Å². The monoisotopic (exact) mass is 659 g/mol. The lowest BCUT2D eigenvalue weighted by Gasteiger charge is -2.34. The highest BCUT2D eigenvalue weighted by molar-refractivity contribution is 7.92. The molecule has 0 spiro atoms. The van der Waals surface area contributed by atoms with Crippen LogP contribution in [-0.4, -0.2) is 56.3 Å². The number of ether oxygens (including phenoxy) is 2. The van der Waals surface area contributed by atoms with Crippen molar-refractivity contribution in [2.24, 2.45) is 0 Å². The Labute approximate surface area is 268 Å². The molecule has 12 heteroatoms. The Morgan fingerprint density at radius 3 is 2.36 bits per heavy atom. The Morgan fingerprint density at radius 2 is 1.66 bits per heavy atom. The Hall–Kier alpha value is -3.47. The minimum absolute atomic E-state index is 0.00641. The third kappa shape index (κ3) is 7.60. The van der Waals surface area contributed by atoms with Gasteiger partial charge in [-0.2, -0.15) is 0 Å². The number of carbonyl (C=O) groups excluding carboxylic acids is 2. The third-order valence-corrected chi connectivity index (χ3v) is 10.4. The lowest BCUT2D eigenvalue weighted by molar-refractivity contribution is -0.140. The average Bonchev–Trinajstić information content (AvgIpc) is 3.71. The fourth-order valence-electron chi connectivity index (χ4n) is 5.52. The van der Waals surface area contributed by atoms with Crippen molar-refractivity contribution in [3.63, 3.8) is 0 Å². The molecule has 9 nitrogen and oxygen atoms in total. The van der Waals surface area contributed by atoms with E-state index in [9.17, 15) is 18.0 Å². The van der Waals surface area contributed by atoms with Gasteiger partial charge in [0.1, 0.15) is 12.6 Å². The maximum Gasteiger partial charge on any atom is 0.244 e. The van der Waals surface area contributed by atoms with Crippen molar-refractivity contribution in [1.82, 2.24) is 10.2 Å². The zero-order valence-electron chi connectivity index (χ0n) is 24.4. The second-order valence-electron chi connectivity index (χ2n) is 10.9. The lowest BCUT2D eigenvalue weighted by atomic mass is 10.0. The molecule has 0 saturated heterocycles. The molecule has 0 radical (unpaired) electrons. The number of carbonyl (C=O) groups is 2. The number of halogens is 2. The molecular weight excluding hydrogens is 625 g/mol. The fraction of sp³-hybridized carbons (Fsp3) is 0.375. The molecule has 1 N–H and O–H groups in total. The molecule has 5 rings (SSSR count). The number of hydrogen-bond acceptors (Lipinski definition) is 6. The number of nitrogens with one attached hydrogen (secondary N) is 1. The van der Waals surface area contributed by atoms with Crippen molar-refractivity contribution in [2.75, 3.05) is 23.4 Å². The second-order valence-corrected chi connectivity index (χ2v) is 13.9. The van der Waals surface area contributed by atoms with Crippen LogP contribution >= 0.6 is 23.2 Å². The van der Waals surface area contributed by atoms with Crippen LogP contribution in [0, 0.1) is 0 Å². The Balaban J connectivity index is 1.53. The summed E-state index contributed by atoms with van der Waals surface area (Å²) in [6.45, 7) is 1.01. The first-order chi connectivity index (χ1) is 21.1. The first-order valence-corrected chi connectivity index (χ1v) is 17.0. The van der Waals surface area contributed by atoms with Crippen molar-refractivity contribution >= 4 is 50.7 Å². The van der Waals surface area contributed by atoms with Gasteiger partial charge in [-0.05, 0) is 55.2 Å². The van der Waals surface area contributed by atoms with Crippen LogP contribution in [0.15, 0.2) is 66.7 Å². The predicted octanol–water partition coefficient (Wildman–Crippen LogP) is 5.58. The van der Waals surface area contributed by atoms with E-state index in [1.54, 1.807) is 36.4 Å². The largest absolute Gasteiger partial charge is 0.454 e. The molecule has 2 aliphatic rings. The second kappa shape index (κ2) is 14.1. The molecular formula is C32H35Cl2N3O6S. The molecule has 0 unspecified atom stereocenters. The van der Waals surface area contributed by atoms with Crippen LogP contribution in [0.25, 0.3) is 0 Å². The van der Waals surface area contributed by atoms with Gasteiger partial charge in [0.25, 0.3) is 0 Å². The van der Waals surface area contributed by atoms with E-state index >= 15 is 0 Å². The summed E-state index contributed by atoms with van der Waals surface area (Å²) in [5, 5.41) is 3.82. The highest BCUT2D eigenvalue weighted by Crippen LogP contribution is 2.36. The Kier molecular flexibility index (Phi) is 10.2. The third-order valence-electron chi connectivity index (χ3n) is 7.93. The quantitative estimate of drug-likeness (QED) is 0.272. The van der Waals surface area contributed by atoms with Crippen LogP contribution in [0.2, 0.25) is 10.0 Å². The highest BCUT2D eigenvalue weighted by atomic mass is 35.5. The number of amides is 2. The van der Waals surface area contributed by atoms with Crippen LogP contribution in [0.4, 0.5) is 5.69 Å². The summed E-state index contributed by atoms with van der Waals surface area (Å²) in [6, 6.07) is 18.3. The zero-order valence-corrected chi connectivity index (χ0v) is 26.7. The van der Waals surface area contributed by atoms with Gasteiger partial charge < -0.3 is 19.7 Å². The Bertz CT molecular complexity index is 1600. The van der Waals surface area contributed by atoms with Crippen molar-refractivity contribution in [3.05, 3.63) is 87.9 Å². The SMILES string of the molecule is CCS(=O)(=O)N(CC(=O)N(Cc1ccc(Cl)c(Cl)c1)[C@H](Cc1ccccc1)C(=O)NC1CCCC1)c1ccc2c(c1)OCO2. The maximum absolute atomic E-state index is 14.4. The van der Waals surface area contributed by atoms with Crippen LogP contribution in [0.5, 0.6) is 11.5 Å². The van der Waals surface area contributed by atoms with E-state index < -0.39 is 28.5 Å². The molecule has 1 aliphatic heterocycles. The number of benzene rings is 3. The molecule has 1 atom stereocenters. The zero-order chi connectivity index (χ0) is 31.3. The lowest BCUT2D eigenvalue weighted by Crippen LogP contribution is -2.54. The van der Waals surface area contributed by atoms with Crippen molar-refractivity contribution in [1.29, 1.82) is 0 Å². The van der Waals surface area contributed by atoms with Crippen LogP contribution < -0.4 is 19.1 Å². The van der Waals surface area contributed by atoms with E-state index in [1.807, 2.05) is 30.3 Å². The summed E-state index contributed by atoms with van der Waals surface area (Å²) in [5.74, 6) is -0.203. The first kappa shape index (κ1) is 31.9. The van der Waals surface area contributed by atoms with E-state index in [-0.39, 0.29) is 43.1 Å². The summed E-state index contributed by atoms with van der Waals surface area (Å²) in [7, 11) is -3.92. The molecule has 0 bridgehead atoms. The van der Waals surface area contributed by atoms with Crippen LogP contribution in [0.3, 0.4) is 0 Å². The van der Waals surface area contributed by atoms with E-state index in [0.29, 0.717) is 27.1 Å².